The number of carbonyl (C=O) groups is 2. The topological polar surface area (TPSA) is 67.9 Å². The van der Waals surface area contributed by atoms with Crippen LogP contribution in [0.15, 0.2) is 36.4 Å². The standard InChI is InChI=1S/C19H18F2N2O4/c1-2-23(19(25)14-9-12(20)3-5-15(14)21)11-18(24)22-13-4-6-16-17(10-13)27-8-7-26-16/h3-6,9-10H,2,7-8,11H2,1H3,(H,22,24). The fourth-order valence-corrected chi connectivity index (χ4v) is 2.65. The van der Waals surface area contributed by atoms with E-state index in [9.17, 15) is 18.4 Å². The van der Waals surface area contributed by atoms with E-state index < -0.39 is 29.0 Å². The molecule has 2 amide bonds. The van der Waals surface area contributed by atoms with Gasteiger partial charge in [-0.05, 0) is 37.3 Å². The largest absolute Gasteiger partial charge is 0.486 e. The van der Waals surface area contributed by atoms with Crippen molar-refractivity contribution in [1.82, 2.24) is 4.90 Å². The summed E-state index contributed by atoms with van der Waals surface area (Å²) in [6.07, 6.45) is 0. The molecule has 1 aliphatic rings. The fraction of sp³-hybridized carbons (Fsp3) is 0.263. The lowest BCUT2D eigenvalue weighted by atomic mass is 10.1. The molecule has 0 atom stereocenters. The molecule has 6 nitrogen and oxygen atoms in total. The molecule has 1 aliphatic heterocycles. The van der Waals surface area contributed by atoms with Crippen LogP contribution in [0.2, 0.25) is 0 Å². The van der Waals surface area contributed by atoms with Crippen molar-refractivity contribution >= 4 is 17.5 Å². The molecule has 142 valence electrons. The first kappa shape index (κ1) is 18.6. The molecule has 3 rings (SSSR count). The first-order chi connectivity index (χ1) is 13.0. The molecular formula is C19H18F2N2O4. The van der Waals surface area contributed by atoms with Gasteiger partial charge < -0.3 is 19.7 Å². The Morgan fingerprint density at radius 3 is 2.56 bits per heavy atom. The van der Waals surface area contributed by atoms with Gasteiger partial charge in [-0.1, -0.05) is 0 Å². The minimum Gasteiger partial charge on any atom is -0.486 e. The van der Waals surface area contributed by atoms with E-state index >= 15 is 0 Å². The second kappa shape index (κ2) is 8.03. The van der Waals surface area contributed by atoms with Crippen LogP contribution in [0.4, 0.5) is 14.5 Å². The van der Waals surface area contributed by atoms with E-state index in [0.29, 0.717) is 30.4 Å². The van der Waals surface area contributed by atoms with Crippen molar-refractivity contribution in [3.8, 4) is 11.5 Å². The van der Waals surface area contributed by atoms with Gasteiger partial charge >= 0.3 is 0 Å². The van der Waals surface area contributed by atoms with E-state index in [0.717, 1.165) is 23.1 Å². The number of ether oxygens (including phenoxy) is 2. The molecule has 2 aromatic rings. The molecule has 0 spiro atoms. The highest BCUT2D eigenvalue weighted by atomic mass is 19.1. The number of carbonyl (C=O) groups excluding carboxylic acids is 2. The van der Waals surface area contributed by atoms with E-state index in [-0.39, 0.29) is 13.1 Å². The van der Waals surface area contributed by atoms with Crippen molar-refractivity contribution in [3.63, 3.8) is 0 Å². The summed E-state index contributed by atoms with van der Waals surface area (Å²) in [5.41, 5.74) is 0.0636. The van der Waals surface area contributed by atoms with Crippen molar-refractivity contribution in [1.29, 1.82) is 0 Å². The quantitative estimate of drug-likeness (QED) is 0.871. The molecule has 1 N–H and O–H groups in total. The Bertz CT molecular complexity index is 873. The summed E-state index contributed by atoms with van der Waals surface area (Å²) in [5, 5.41) is 2.65. The van der Waals surface area contributed by atoms with Crippen molar-refractivity contribution in [2.45, 2.75) is 6.92 Å². The predicted octanol–water partition coefficient (Wildman–Crippen LogP) is 2.84. The van der Waals surface area contributed by atoms with Gasteiger partial charge in [0.15, 0.2) is 11.5 Å². The van der Waals surface area contributed by atoms with Gasteiger partial charge in [0.1, 0.15) is 31.4 Å². The van der Waals surface area contributed by atoms with Crippen LogP contribution in [0, 0.1) is 11.6 Å². The average molecular weight is 376 g/mol. The van der Waals surface area contributed by atoms with Crippen molar-refractivity contribution in [3.05, 3.63) is 53.6 Å². The maximum absolute atomic E-state index is 13.8. The number of anilines is 1. The summed E-state index contributed by atoms with van der Waals surface area (Å²) in [6.45, 7) is 2.38. The zero-order valence-electron chi connectivity index (χ0n) is 14.6. The summed E-state index contributed by atoms with van der Waals surface area (Å²) >= 11 is 0. The first-order valence-electron chi connectivity index (χ1n) is 8.41. The molecule has 0 radical (unpaired) electrons. The molecule has 8 heteroatoms. The van der Waals surface area contributed by atoms with E-state index in [1.807, 2.05) is 0 Å². The lowest BCUT2D eigenvalue weighted by Crippen LogP contribution is -2.38. The Labute approximate surface area is 154 Å². The summed E-state index contributed by atoms with van der Waals surface area (Å²) in [5.74, 6) is -1.69. The first-order valence-corrected chi connectivity index (χ1v) is 8.41. The Hall–Kier alpha value is -3.16. The highest BCUT2D eigenvalue weighted by Gasteiger charge is 2.21. The molecule has 0 saturated carbocycles. The number of amides is 2. The average Bonchev–Trinajstić information content (AvgIpc) is 2.67. The van der Waals surface area contributed by atoms with Crippen LogP contribution in [0.25, 0.3) is 0 Å². The maximum atomic E-state index is 13.8. The molecule has 1 heterocycles. The Balaban J connectivity index is 1.68. The third kappa shape index (κ3) is 4.33. The molecule has 0 bridgehead atoms. The second-order valence-corrected chi connectivity index (χ2v) is 5.85. The lowest BCUT2D eigenvalue weighted by Gasteiger charge is -2.21. The van der Waals surface area contributed by atoms with E-state index in [1.165, 1.54) is 0 Å². The third-order valence-electron chi connectivity index (χ3n) is 3.99. The predicted molar refractivity (Wildman–Crippen MR) is 94.0 cm³/mol. The molecule has 0 aromatic heterocycles. The smallest absolute Gasteiger partial charge is 0.257 e. The zero-order chi connectivity index (χ0) is 19.4. The number of nitrogens with zero attached hydrogens (tertiary/aromatic N) is 1. The van der Waals surface area contributed by atoms with Crippen LogP contribution in [-0.2, 0) is 4.79 Å². The molecule has 27 heavy (non-hydrogen) atoms. The van der Waals surface area contributed by atoms with Gasteiger partial charge in [0, 0.05) is 18.3 Å². The number of halogens is 2. The number of hydrogen-bond acceptors (Lipinski definition) is 4. The van der Waals surface area contributed by atoms with Crippen LogP contribution in [0.3, 0.4) is 0 Å². The van der Waals surface area contributed by atoms with Crippen LogP contribution < -0.4 is 14.8 Å². The molecule has 0 unspecified atom stereocenters. The molecular weight excluding hydrogens is 358 g/mol. The van der Waals surface area contributed by atoms with Gasteiger partial charge in [0.25, 0.3) is 5.91 Å². The highest BCUT2D eigenvalue weighted by molar-refractivity contribution is 5.99. The normalized spacial score (nSPS) is 12.4. The third-order valence-corrected chi connectivity index (χ3v) is 3.99. The SMILES string of the molecule is CCN(CC(=O)Nc1ccc2c(c1)OCCO2)C(=O)c1cc(F)ccc1F. The molecule has 0 aliphatic carbocycles. The van der Waals surface area contributed by atoms with Crippen molar-refractivity contribution in [2.24, 2.45) is 0 Å². The van der Waals surface area contributed by atoms with E-state index in [4.69, 9.17) is 9.47 Å². The summed E-state index contributed by atoms with van der Waals surface area (Å²) in [4.78, 5) is 25.9. The number of benzene rings is 2. The van der Waals surface area contributed by atoms with Gasteiger partial charge in [0.2, 0.25) is 5.91 Å². The van der Waals surface area contributed by atoms with Gasteiger partial charge in [-0.25, -0.2) is 8.78 Å². The highest BCUT2D eigenvalue weighted by Crippen LogP contribution is 2.32. The van der Waals surface area contributed by atoms with Gasteiger partial charge in [-0.2, -0.15) is 0 Å². The monoisotopic (exact) mass is 376 g/mol. The summed E-state index contributed by atoms with van der Waals surface area (Å²) in [7, 11) is 0. The van der Waals surface area contributed by atoms with Gasteiger partial charge in [-0.15, -0.1) is 0 Å². The molecule has 0 saturated heterocycles. The summed E-state index contributed by atoms with van der Waals surface area (Å²) in [6, 6.07) is 7.57. The van der Waals surface area contributed by atoms with E-state index in [2.05, 4.69) is 5.32 Å². The Morgan fingerprint density at radius 1 is 1.07 bits per heavy atom. The number of rotatable bonds is 5. The number of nitrogens with one attached hydrogen (secondary N) is 1. The fourth-order valence-electron chi connectivity index (χ4n) is 2.65. The minimum absolute atomic E-state index is 0.156. The lowest BCUT2D eigenvalue weighted by molar-refractivity contribution is -0.116. The van der Waals surface area contributed by atoms with Crippen LogP contribution in [0.1, 0.15) is 17.3 Å². The van der Waals surface area contributed by atoms with Crippen molar-refractivity contribution < 1.29 is 27.8 Å². The maximum Gasteiger partial charge on any atom is 0.257 e. The van der Waals surface area contributed by atoms with E-state index in [1.54, 1.807) is 25.1 Å². The number of hydrogen-bond donors (Lipinski definition) is 1. The Kier molecular flexibility index (Phi) is 5.54. The van der Waals surface area contributed by atoms with Gasteiger partial charge in [-0.3, -0.25) is 9.59 Å². The van der Waals surface area contributed by atoms with Gasteiger partial charge in [0.05, 0.1) is 5.56 Å². The van der Waals surface area contributed by atoms with Crippen LogP contribution in [-0.4, -0.2) is 43.0 Å². The van der Waals surface area contributed by atoms with Crippen LogP contribution in [0.5, 0.6) is 11.5 Å². The zero-order valence-corrected chi connectivity index (χ0v) is 14.6. The Morgan fingerprint density at radius 2 is 1.81 bits per heavy atom. The second-order valence-electron chi connectivity index (χ2n) is 5.85. The molecule has 2 aromatic carbocycles. The summed E-state index contributed by atoms with van der Waals surface area (Å²) < 4.78 is 38.0. The minimum atomic E-state index is -0.841. The van der Waals surface area contributed by atoms with Crippen LogP contribution >= 0.6 is 0 Å². The van der Waals surface area contributed by atoms with Crippen molar-refractivity contribution in [2.75, 3.05) is 31.6 Å². The number of likely N-dealkylation sites (N-methyl/N-ethyl adjacent to an activating group) is 1. The molecule has 0 fully saturated rings. The number of fused-ring (bicyclic) bond motifs is 1.